The van der Waals surface area contributed by atoms with Crippen LogP contribution in [0.5, 0.6) is 0 Å². The fourth-order valence-corrected chi connectivity index (χ4v) is 3.21. The van der Waals surface area contributed by atoms with Crippen LogP contribution >= 0.6 is 0 Å². The molecule has 0 bridgehead atoms. The molecule has 1 aromatic rings. The number of imide groups is 1. The molecule has 0 radical (unpaired) electrons. The maximum Gasteiger partial charge on any atom is 0.327 e. The Morgan fingerprint density at radius 3 is 2.73 bits per heavy atom. The molecule has 10 nitrogen and oxygen atoms in total. The number of aryl methyl sites for hydroxylation is 1. The number of aromatic nitrogens is 1. The topological polar surface area (TPSA) is 131 Å². The van der Waals surface area contributed by atoms with Crippen molar-refractivity contribution in [3.63, 3.8) is 0 Å². The van der Waals surface area contributed by atoms with E-state index in [1.54, 1.807) is 6.92 Å². The van der Waals surface area contributed by atoms with Crippen LogP contribution in [0.2, 0.25) is 0 Å². The highest BCUT2D eigenvalue weighted by atomic mass is 16.5. The molecule has 0 unspecified atom stereocenters. The lowest BCUT2D eigenvalue weighted by Crippen LogP contribution is -2.44. The second kappa shape index (κ2) is 6.77. The largest absolute Gasteiger partial charge is 0.451 e. The first kappa shape index (κ1) is 17.9. The van der Waals surface area contributed by atoms with Gasteiger partial charge in [-0.3, -0.25) is 19.3 Å². The third kappa shape index (κ3) is 3.39. The van der Waals surface area contributed by atoms with E-state index in [4.69, 9.17) is 9.26 Å². The van der Waals surface area contributed by atoms with E-state index < -0.39 is 42.0 Å². The van der Waals surface area contributed by atoms with Crippen LogP contribution in [0, 0.1) is 6.92 Å². The van der Waals surface area contributed by atoms with Gasteiger partial charge in [-0.15, -0.1) is 0 Å². The summed E-state index contributed by atoms with van der Waals surface area (Å²) in [5.41, 5.74) is -0.884. The molecule has 1 aliphatic carbocycles. The average molecular weight is 364 g/mol. The van der Waals surface area contributed by atoms with E-state index in [0.717, 1.165) is 17.7 Å². The summed E-state index contributed by atoms with van der Waals surface area (Å²) < 4.78 is 9.84. The van der Waals surface area contributed by atoms with Crippen LogP contribution in [-0.2, 0) is 19.1 Å². The van der Waals surface area contributed by atoms with Crippen LogP contribution in [0.25, 0.3) is 0 Å². The number of urea groups is 1. The second-order valence-electron chi connectivity index (χ2n) is 6.55. The molecule has 1 aromatic heterocycles. The van der Waals surface area contributed by atoms with E-state index in [1.807, 2.05) is 0 Å². The Morgan fingerprint density at radius 2 is 2.12 bits per heavy atom. The van der Waals surface area contributed by atoms with E-state index in [9.17, 15) is 19.2 Å². The molecule has 0 aromatic carbocycles. The number of esters is 1. The predicted octanol–water partition coefficient (Wildman–Crippen LogP) is 0.718. The van der Waals surface area contributed by atoms with Crippen LogP contribution in [-0.4, -0.2) is 52.1 Å². The van der Waals surface area contributed by atoms with E-state index in [2.05, 4.69) is 15.8 Å². The molecule has 1 atom stereocenters. The first-order chi connectivity index (χ1) is 12.3. The summed E-state index contributed by atoms with van der Waals surface area (Å²) in [6.07, 6.45) is 1.71. The molecule has 140 valence electrons. The van der Waals surface area contributed by atoms with Crippen LogP contribution in [0.3, 0.4) is 0 Å². The van der Waals surface area contributed by atoms with Crippen LogP contribution in [0.15, 0.2) is 10.6 Å². The summed E-state index contributed by atoms with van der Waals surface area (Å²) in [5, 5.41) is 8.72. The van der Waals surface area contributed by atoms with Crippen molar-refractivity contribution in [1.29, 1.82) is 0 Å². The normalized spacial score (nSPS) is 19.5. The Bertz CT molecular complexity index is 752. The Labute approximate surface area is 149 Å². The monoisotopic (exact) mass is 364 g/mol. The number of nitrogens with zero attached hydrogens (tertiary/aromatic N) is 2. The molecule has 2 N–H and O–H groups in total. The first-order valence-electron chi connectivity index (χ1n) is 8.38. The lowest BCUT2D eigenvalue weighted by molar-refractivity contribution is -0.155. The van der Waals surface area contributed by atoms with Crippen LogP contribution in [0.1, 0.15) is 38.4 Å². The van der Waals surface area contributed by atoms with E-state index in [0.29, 0.717) is 18.6 Å². The number of hydrogen-bond acceptors (Lipinski definition) is 7. The van der Waals surface area contributed by atoms with Gasteiger partial charge in [0.2, 0.25) is 0 Å². The van der Waals surface area contributed by atoms with Crippen molar-refractivity contribution >= 4 is 29.6 Å². The van der Waals surface area contributed by atoms with Gasteiger partial charge in [-0.1, -0.05) is 18.0 Å². The summed E-state index contributed by atoms with van der Waals surface area (Å²) in [4.78, 5) is 49.4. The van der Waals surface area contributed by atoms with Gasteiger partial charge in [0.05, 0.1) is 0 Å². The van der Waals surface area contributed by atoms with Gasteiger partial charge in [-0.25, -0.2) is 4.79 Å². The number of ether oxygens (including phenoxy) is 1. The number of hydrogen-bond donors (Lipinski definition) is 2. The minimum Gasteiger partial charge on any atom is -0.451 e. The Kier molecular flexibility index (Phi) is 4.66. The first-order valence-corrected chi connectivity index (χ1v) is 8.38. The fourth-order valence-electron chi connectivity index (χ4n) is 3.21. The van der Waals surface area contributed by atoms with Crippen molar-refractivity contribution in [3.05, 3.63) is 11.8 Å². The zero-order valence-corrected chi connectivity index (χ0v) is 14.5. The van der Waals surface area contributed by atoms with Crippen molar-refractivity contribution in [1.82, 2.24) is 15.4 Å². The predicted molar refractivity (Wildman–Crippen MR) is 86.9 cm³/mol. The molecule has 1 spiro atoms. The molecular formula is C16H20N4O6. The summed E-state index contributed by atoms with van der Waals surface area (Å²) >= 11 is 0. The number of rotatable bonds is 5. The molecule has 2 fully saturated rings. The zero-order chi connectivity index (χ0) is 18.9. The smallest absolute Gasteiger partial charge is 0.327 e. The van der Waals surface area contributed by atoms with E-state index >= 15 is 0 Å². The lowest BCUT2D eigenvalue weighted by atomic mass is 9.98. The molecule has 26 heavy (non-hydrogen) atoms. The standard InChI is InChI=1S/C16H20N4O6/c1-9-7-11(19-26-9)17-13(22)10(2)25-12(21)8-20-14(23)16(18-15(20)24)5-3-4-6-16/h7,10H,3-6,8H2,1-2H3,(H,18,24)(H,17,19,22)/t10-/m1/s1. The van der Waals surface area contributed by atoms with Crippen molar-refractivity contribution < 1.29 is 28.4 Å². The van der Waals surface area contributed by atoms with E-state index in [1.165, 1.54) is 13.0 Å². The molecule has 1 aliphatic heterocycles. The van der Waals surface area contributed by atoms with Gasteiger partial charge in [-0.05, 0) is 26.7 Å². The zero-order valence-electron chi connectivity index (χ0n) is 14.5. The fraction of sp³-hybridized carbons (Fsp3) is 0.562. The highest BCUT2D eigenvalue weighted by molar-refractivity contribution is 6.09. The minimum absolute atomic E-state index is 0.202. The van der Waals surface area contributed by atoms with Gasteiger partial charge in [0, 0.05) is 6.07 Å². The summed E-state index contributed by atoms with van der Waals surface area (Å²) in [5.74, 6) is -1.14. The molecule has 4 amide bonds. The van der Waals surface area contributed by atoms with Gasteiger partial charge in [0.25, 0.3) is 11.8 Å². The highest BCUT2D eigenvalue weighted by Crippen LogP contribution is 2.34. The Morgan fingerprint density at radius 1 is 1.42 bits per heavy atom. The number of carbonyl (C=O) groups is 4. The van der Waals surface area contributed by atoms with Crippen molar-refractivity contribution in [3.8, 4) is 0 Å². The van der Waals surface area contributed by atoms with Crippen molar-refractivity contribution in [2.24, 2.45) is 0 Å². The molecule has 1 saturated carbocycles. The van der Waals surface area contributed by atoms with Gasteiger partial charge < -0.3 is 19.9 Å². The number of carbonyl (C=O) groups excluding carboxylic acids is 4. The maximum absolute atomic E-state index is 12.5. The third-order valence-corrected chi connectivity index (χ3v) is 4.55. The van der Waals surface area contributed by atoms with E-state index in [-0.39, 0.29) is 5.82 Å². The average Bonchev–Trinajstić information content (AvgIpc) is 3.26. The summed E-state index contributed by atoms with van der Waals surface area (Å²) in [6, 6.07) is 0.907. The van der Waals surface area contributed by atoms with Gasteiger partial charge >= 0.3 is 12.0 Å². The molecular weight excluding hydrogens is 344 g/mol. The molecule has 3 rings (SSSR count). The Balaban J connectivity index is 1.54. The lowest BCUT2D eigenvalue weighted by Gasteiger charge is -2.20. The van der Waals surface area contributed by atoms with Crippen LogP contribution in [0.4, 0.5) is 10.6 Å². The minimum atomic E-state index is -1.12. The van der Waals surface area contributed by atoms with Gasteiger partial charge in [0.15, 0.2) is 11.9 Å². The number of nitrogens with one attached hydrogen (secondary N) is 2. The second-order valence-corrected chi connectivity index (χ2v) is 6.55. The quantitative estimate of drug-likeness (QED) is 0.581. The number of anilines is 1. The molecule has 1 saturated heterocycles. The third-order valence-electron chi connectivity index (χ3n) is 4.55. The molecule has 10 heteroatoms. The van der Waals surface area contributed by atoms with Crippen molar-refractivity contribution in [2.75, 3.05) is 11.9 Å². The molecule has 2 aliphatic rings. The van der Waals surface area contributed by atoms with Crippen molar-refractivity contribution in [2.45, 2.75) is 51.2 Å². The number of amides is 4. The maximum atomic E-state index is 12.5. The summed E-state index contributed by atoms with van der Waals surface area (Å²) in [6.45, 7) is 2.51. The SMILES string of the molecule is Cc1cc(NC(=O)[C@@H](C)OC(=O)CN2C(=O)NC3(CCCC3)C2=O)no1. The Hall–Kier alpha value is -2.91. The van der Waals surface area contributed by atoms with Gasteiger partial charge in [0.1, 0.15) is 17.8 Å². The molecule has 2 heterocycles. The van der Waals surface area contributed by atoms with Crippen LogP contribution < -0.4 is 10.6 Å². The summed E-state index contributed by atoms with van der Waals surface area (Å²) in [7, 11) is 0. The van der Waals surface area contributed by atoms with Gasteiger partial charge in [-0.2, -0.15) is 0 Å². The highest BCUT2D eigenvalue weighted by Gasteiger charge is 2.52.